The second-order valence-corrected chi connectivity index (χ2v) is 8.51. The molecule has 2 aromatic carbocycles. The number of anilines is 2. The lowest BCUT2D eigenvalue weighted by Gasteiger charge is -2.19. The van der Waals surface area contributed by atoms with Crippen molar-refractivity contribution in [2.45, 2.75) is 45.4 Å². The summed E-state index contributed by atoms with van der Waals surface area (Å²) in [4.78, 5) is 14.0. The molecule has 1 saturated heterocycles. The Kier molecular flexibility index (Phi) is 4.80. The summed E-state index contributed by atoms with van der Waals surface area (Å²) >= 11 is 0. The molecule has 0 radical (unpaired) electrons. The third kappa shape index (κ3) is 3.33. The van der Waals surface area contributed by atoms with Gasteiger partial charge in [-0.1, -0.05) is 12.1 Å². The van der Waals surface area contributed by atoms with Crippen LogP contribution in [0.5, 0.6) is 0 Å². The predicted molar refractivity (Wildman–Crippen MR) is 104 cm³/mol. The fourth-order valence-electron chi connectivity index (χ4n) is 3.45. The molecule has 138 valence electrons. The Morgan fingerprint density at radius 1 is 1.00 bits per heavy atom. The van der Waals surface area contributed by atoms with E-state index >= 15 is 0 Å². The Morgan fingerprint density at radius 3 is 2.23 bits per heavy atom. The number of amides is 1. The van der Waals surface area contributed by atoms with Crippen LogP contribution in [-0.2, 0) is 14.8 Å². The van der Waals surface area contributed by atoms with Gasteiger partial charge in [0.15, 0.2) is 0 Å². The largest absolute Gasteiger partial charge is 0.312 e. The number of carbonyl (C=O) groups is 1. The molecule has 6 heteroatoms. The lowest BCUT2D eigenvalue weighted by Crippen LogP contribution is -2.24. The number of benzene rings is 2. The highest BCUT2D eigenvalue weighted by molar-refractivity contribution is 7.92. The molecule has 1 heterocycles. The van der Waals surface area contributed by atoms with Crippen molar-refractivity contribution in [1.82, 2.24) is 0 Å². The van der Waals surface area contributed by atoms with Gasteiger partial charge in [-0.25, -0.2) is 8.42 Å². The van der Waals surface area contributed by atoms with E-state index in [2.05, 4.69) is 4.72 Å². The van der Waals surface area contributed by atoms with E-state index in [0.29, 0.717) is 23.5 Å². The van der Waals surface area contributed by atoms with Crippen LogP contribution in [-0.4, -0.2) is 20.9 Å². The van der Waals surface area contributed by atoms with Gasteiger partial charge in [0.2, 0.25) is 5.91 Å². The normalized spacial score (nSPS) is 14.8. The maximum absolute atomic E-state index is 13.1. The van der Waals surface area contributed by atoms with Crippen molar-refractivity contribution >= 4 is 27.3 Å². The molecule has 26 heavy (non-hydrogen) atoms. The molecule has 1 aliphatic heterocycles. The maximum atomic E-state index is 13.1. The van der Waals surface area contributed by atoms with Gasteiger partial charge in [-0.2, -0.15) is 0 Å². The number of hydrogen-bond acceptors (Lipinski definition) is 3. The average Bonchev–Trinajstić information content (AvgIpc) is 2.99. The highest BCUT2D eigenvalue weighted by Crippen LogP contribution is 2.29. The molecule has 1 N–H and O–H groups in total. The van der Waals surface area contributed by atoms with E-state index in [4.69, 9.17) is 0 Å². The molecule has 0 saturated carbocycles. The van der Waals surface area contributed by atoms with E-state index in [-0.39, 0.29) is 5.91 Å². The molecule has 0 unspecified atom stereocenters. The Labute approximate surface area is 155 Å². The van der Waals surface area contributed by atoms with E-state index in [1.807, 2.05) is 39.8 Å². The second-order valence-electron chi connectivity index (χ2n) is 6.89. The number of aryl methyl sites for hydroxylation is 2. The first-order chi connectivity index (χ1) is 12.2. The summed E-state index contributed by atoms with van der Waals surface area (Å²) in [5, 5.41) is 0. The first kappa shape index (κ1) is 18.5. The van der Waals surface area contributed by atoms with Gasteiger partial charge in [0, 0.05) is 18.7 Å². The minimum Gasteiger partial charge on any atom is -0.312 e. The van der Waals surface area contributed by atoms with Crippen LogP contribution < -0.4 is 9.62 Å². The lowest BCUT2D eigenvalue weighted by atomic mass is 10.0. The Hall–Kier alpha value is -2.34. The summed E-state index contributed by atoms with van der Waals surface area (Å²) in [6, 6.07) is 9.01. The topological polar surface area (TPSA) is 66.5 Å². The zero-order valence-electron chi connectivity index (χ0n) is 15.6. The monoisotopic (exact) mass is 372 g/mol. The average molecular weight is 372 g/mol. The zero-order valence-corrected chi connectivity index (χ0v) is 16.4. The zero-order chi connectivity index (χ0) is 19.1. The second kappa shape index (κ2) is 6.76. The summed E-state index contributed by atoms with van der Waals surface area (Å²) in [6.07, 6.45) is 1.37. The van der Waals surface area contributed by atoms with Crippen LogP contribution in [0.4, 0.5) is 11.4 Å². The Balaban J connectivity index is 1.98. The van der Waals surface area contributed by atoms with Crippen molar-refractivity contribution in [3.63, 3.8) is 0 Å². The van der Waals surface area contributed by atoms with E-state index in [1.165, 1.54) is 0 Å². The first-order valence-corrected chi connectivity index (χ1v) is 10.2. The van der Waals surface area contributed by atoms with Crippen LogP contribution in [0, 0.1) is 27.7 Å². The standard InChI is InChI=1S/C20H24N2O3S/c1-13-11-14(2)16(4)20(15(13)3)26(24,25)21-17-7-5-8-18(12-17)22-10-6-9-19(22)23/h5,7-8,11-12,21H,6,9-10H2,1-4H3. The molecule has 1 amide bonds. The van der Waals surface area contributed by atoms with Crippen molar-refractivity contribution < 1.29 is 13.2 Å². The summed E-state index contributed by atoms with van der Waals surface area (Å²) < 4.78 is 28.8. The molecule has 5 nitrogen and oxygen atoms in total. The SMILES string of the molecule is Cc1cc(C)c(C)c(S(=O)(=O)Nc2cccc(N3CCCC3=O)c2)c1C. The summed E-state index contributed by atoms with van der Waals surface area (Å²) in [7, 11) is -3.73. The summed E-state index contributed by atoms with van der Waals surface area (Å²) in [5.74, 6) is 0.0750. The molecule has 0 aliphatic carbocycles. The molecular formula is C20H24N2O3S. The van der Waals surface area contributed by atoms with Crippen LogP contribution in [0.2, 0.25) is 0 Å². The van der Waals surface area contributed by atoms with E-state index in [0.717, 1.165) is 34.4 Å². The number of hydrogen-bond donors (Lipinski definition) is 1. The number of sulfonamides is 1. The molecule has 1 aliphatic rings. The van der Waals surface area contributed by atoms with Gasteiger partial charge in [-0.15, -0.1) is 0 Å². The molecule has 2 aromatic rings. The van der Waals surface area contributed by atoms with Gasteiger partial charge in [0.05, 0.1) is 10.6 Å². The van der Waals surface area contributed by atoms with Crippen molar-refractivity contribution in [2.75, 3.05) is 16.2 Å². The number of rotatable bonds is 4. The van der Waals surface area contributed by atoms with Crippen molar-refractivity contribution in [2.24, 2.45) is 0 Å². The first-order valence-electron chi connectivity index (χ1n) is 8.71. The van der Waals surface area contributed by atoms with Crippen molar-refractivity contribution in [3.05, 3.63) is 52.6 Å². The number of nitrogens with one attached hydrogen (secondary N) is 1. The minimum atomic E-state index is -3.73. The highest BCUT2D eigenvalue weighted by Gasteiger charge is 2.24. The van der Waals surface area contributed by atoms with Crippen LogP contribution in [0.15, 0.2) is 35.2 Å². The Bertz CT molecular complexity index is 955. The van der Waals surface area contributed by atoms with Gasteiger partial charge < -0.3 is 4.90 Å². The van der Waals surface area contributed by atoms with E-state index in [1.54, 1.807) is 23.1 Å². The van der Waals surface area contributed by atoms with Gasteiger partial charge in [0.25, 0.3) is 10.0 Å². The summed E-state index contributed by atoms with van der Waals surface area (Å²) in [5.41, 5.74) is 4.59. The van der Waals surface area contributed by atoms with Crippen molar-refractivity contribution in [1.29, 1.82) is 0 Å². The maximum Gasteiger partial charge on any atom is 0.262 e. The summed E-state index contributed by atoms with van der Waals surface area (Å²) in [6.45, 7) is 8.16. The van der Waals surface area contributed by atoms with Gasteiger partial charge in [-0.3, -0.25) is 9.52 Å². The number of carbonyl (C=O) groups excluding carboxylic acids is 1. The third-order valence-corrected chi connectivity index (χ3v) is 6.70. The van der Waals surface area contributed by atoms with Gasteiger partial charge in [-0.05, 0) is 74.6 Å². The molecule has 1 fully saturated rings. The van der Waals surface area contributed by atoms with Crippen LogP contribution in [0.25, 0.3) is 0 Å². The van der Waals surface area contributed by atoms with E-state index < -0.39 is 10.0 Å². The highest BCUT2D eigenvalue weighted by atomic mass is 32.2. The van der Waals surface area contributed by atoms with Crippen LogP contribution >= 0.6 is 0 Å². The third-order valence-electron chi connectivity index (χ3n) is 5.05. The fraction of sp³-hybridized carbons (Fsp3) is 0.350. The molecule has 0 bridgehead atoms. The molecular weight excluding hydrogens is 348 g/mol. The Morgan fingerprint density at radius 2 is 1.65 bits per heavy atom. The smallest absolute Gasteiger partial charge is 0.262 e. The van der Waals surface area contributed by atoms with Gasteiger partial charge in [0.1, 0.15) is 0 Å². The van der Waals surface area contributed by atoms with Crippen LogP contribution in [0.1, 0.15) is 35.1 Å². The quantitative estimate of drug-likeness (QED) is 0.886. The van der Waals surface area contributed by atoms with E-state index in [9.17, 15) is 13.2 Å². The molecule has 0 atom stereocenters. The molecule has 3 rings (SSSR count). The predicted octanol–water partition coefficient (Wildman–Crippen LogP) is 3.85. The lowest BCUT2D eigenvalue weighted by molar-refractivity contribution is -0.117. The molecule has 0 spiro atoms. The minimum absolute atomic E-state index is 0.0750. The number of nitrogens with zero attached hydrogens (tertiary/aromatic N) is 1. The van der Waals surface area contributed by atoms with Crippen molar-refractivity contribution in [3.8, 4) is 0 Å². The van der Waals surface area contributed by atoms with Crippen LogP contribution in [0.3, 0.4) is 0 Å². The fourth-order valence-corrected chi connectivity index (χ4v) is 5.12. The van der Waals surface area contributed by atoms with Gasteiger partial charge >= 0.3 is 0 Å². The molecule has 0 aromatic heterocycles.